The number of aromatic nitrogens is 1. The molecule has 0 saturated carbocycles. The van der Waals surface area contributed by atoms with Crippen LogP contribution in [0.3, 0.4) is 0 Å². The van der Waals surface area contributed by atoms with Crippen LogP contribution in [0.5, 0.6) is 11.5 Å². The van der Waals surface area contributed by atoms with Gasteiger partial charge >= 0.3 is 0 Å². The Morgan fingerprint density at radius 2 is 1.82 bits per heavy atom. The fraction of sp³-hybridized carbons (Fsp3) is 0.120. The van der Waals surface area contributed by atoms with Crippen LogP contribution in [0.4, 0.5) is 20.3 Å². The standard InChI is InChI=1S/C25H20Cl2F2N2O3/c1-4-16(32)11-15-6-5-7-17(28)25(15)31-21-9-8-14(13-30-21)10-18(29)22-23(26)19(33-2)12-20(34-3)24(22)27/h4-10,12-13H,1,11H2,2-3H3,(H,30,31)/b18-10-. The maximum atomic E-state index is 15.1. The number of nitrogens with zero attached hydrogens (tertiary/aromatic N) is 1. The number of carbonyl (C=O) groups excluding carboxylic acids is 1. The Bertz CT molecular complexity index is 1230. The zero-order valence-electron chi connectivity index (χ0n) is 18.3. The maximum absolute atomic E-state index is 15.1. The molecule has 0 aliphatic carbocycles. The average Bonchev–Trinajstić information content (AvgIpc) is 2.82. The number of anilines is 2. The summed E-state index contributed by atoms with van der Waals surface area (Å²) in [4.78, 5) is 15.9. The smallest absolute Gasteiger partial charge is 0.159 e. The van der Waals surface area contributed by atoms with Gasteiger partial charge in [-0.15, -0.1) is 0 Å². The van der Waals surface area contributed by atoms with Gasteiger partial charge in [0.25, 0.3) is 0 Å². The molecule has 0 atom stereocenters. The Hall–Kier alpha value is -3.42. The lowest BCUT2D eigenvalue weighted by Crippen LogP contribution is -2.05. The Morgan fingerprint density at radius 1 is 1.15 bits per heavy atom. The molecule has 0 radical (unpaired) electrons. The van der Waals surface area contributed by atoms with E-state index in [0.29, 0.717) is 16.9 Å². The lowest BCUT2D eigenvalue weighted by atomic mass is 10.1. The van der Waals surface area contributed by atoms with E-state index in [4.69, 9.17) is 32.7 Å². The van der Waals surface area contributed by atoms with Crippen molar-refractivity contribution in [1.82, 2.24) is 4.98 Å². The number of hydrogen-bond acceptors (Lipinski definition) is 5. The average molecular weight is 505 g/mol. The third-order valence-corrected chi connectivity index (χ3v) is 5.59. The summed E-state index contributed by atoms with van der Waals surface area (Å²) in [6, 6.07) is 8.99. The summed E-state index contributed by atoms with van der Waals surface area (Å²) in [6.45, 7) is 3.44. The van der Waals surface area contributed by atoms with Crippen molar-refractivity contribution in [2.24, 2.45) is 0 Å². The van der Waals surface area contributed by atoms with Crippen molar-refractivity contribution < 1.29 is 23.0 Å². The predicted octanol–water partition coefficient (Wildman–Crippen LogP) is 7.05. The Balaban J connectivity index is 1.90. The lowest BCUT2D eigenvalue weighted by Gasteiger charge is -2.13. The molecule has 3 rings (SSSR count). The minimum absolute atomic E-state index is 0.00514. The molecule has 3 aromatic rings. The summed E-state index contributed by atoms with van der Waals surface area (Å²) in [5.74, 6) is -0.806. The van der Waals surface area contributed by atoms with Gasteiger partial charge in [-0.25, -0.2) is 13.8 Å². The number of halogens is 4. The molecule has 0 amide bonds. The molecule has 1 N–H and O–H groups in total. The molecular formula is C25H20Cl2F2N2O3. The monoisotopic (exact) mass is 504 g/mol. The first-order valence-corrected chi connectivity index (χ1v) is 10.7. The number of methoxy groups -OCH3 is 2. The fourth-order valence-electron chi connectivity index (χ4n) is 3.12. The molecule has 5 nitrogen and oxygen atoms in total. The van der Waals surface area contributed by atoms with Gasteiger partial charge in [-0.3, -0.25) is 4.79 Å². The minimum atomic E-state index is -0.728. The molecule has 2 aromatic carbocycles. The van der Waals surface area contributed by atoms with E-state index >= 15 is 4.39 Å². The van der Waals surface area contributed by atoms with Crippen LogP contribution in [-0.4, -0.2) is 25.0 Å². The number of carbonyl (C=O) groups is 1. The van der Waals surface area contributed by atoms with Crippen LogP contribution < -0.4 is 14.8 Å². The van der Waals surface area contributed by atoms with Crippen LogP contribution in [0.25, 0.3) is 11.9 Å². The molecule has 0 aliphatic heterocycles. The molecular weight excluding hydrogens is 485 g/mol. The second-order valence-electron chi connectivity index (χ2n) is 7.00. The van der Waals surface area contributed by atoms with Crippen molar-refractivity contribution >= 4 is 52.4 Å². The maximum Gasteiger partial charge on any atom is 0.159 e. The van der Waals surface area contributed by atoms with E-state index in [1.807, 2.05) is 0 Å². The molecule has 0 spiro atoms. The van der Waals surface area contributed by atoms with Crippen LogP contribution in [0.15, 0.2) is 55.3 Å². The van der Waals surface area contributed by atoms with Crippen LogP contribution in [0.2, 0.25) is 10.0 Å². The molecule has 0 bridgehead atoms. The zero-order chi connectivity index (χ0) is 24.8. The third kappa shape index (κ3) is 5.55. The van der Waals surface area contributed by atoms with E-state index in [0.717, 1.165) is 0 Å². The molecule has 0 unspecified atom stereocenters. The van der Waals surface area contributed by atoms with Gasteiger partial charge in [0.05, 0.1) is 35.5 Å². The number of hydrogen-bond donors (Lipinski definition) is 1. The first-order chi connectivity index (χ1) is 16.3. The number of nitrogens with one attached hydrogen (secondary N) is 1. The summed E-state index contributed by atoms with van der Waals surface area (Å²) < 4.78 is 39.9. The molecule has 0 fully saturated rings. The molecule has 9 heteroatoms. The highest BCUT2D eigenvalue weighted by Gasteiger charge is 2.20. The molecule has 34 heavy (non-hydrogen) atoms. The van der Waals surface area contributed by atoms with E-state index in [-0.39, 0.29) is 45.0 Å². The van der Waals surface area contributed by atoms with Crippen LogP contribution in [-0.2, 0) is 11.2 Å². The first kappa shape index (κ1) is 25.2. The minimum Gasteiger partial charge on any atom is -0.495 e. The zero-order valence-corrected chi connectivity index (χ0v) is 19.8. The number of para-hydroxylation sites is 1. The number of ether oxygens (including phenoxy) is 2. The van der Waals surface area contributed by atoms with Crippen LogP contribution in [0.1, 0.15) is 16.7 Å². The van der Waals surface area contributed by atoms with Crippen molar-refractivity contribution in [3.8, 4) is 11.5 Å². The highest BCUT2D eigenvalue weighted by molar-refractivity contribution is 6.39. The van der Waals surface area contributed by atoms with Crippen molar-refractivity contribution in [3.63, 3.8) is 0 Å². The number of allylic oxidation sites excluding steroid dienone is 1. The Kier molecular flexibility index (Phi) is 8.26. The van der Waals surface area contributed by atoms with Crippen molar-refractivity contribution in [3.05, 3.63) is 87.8 Å². The molecule has 1 aromatic heterocycles. The van der Waals surface area contributed by atoms with Crippen molar-refractivity contribution in [2.75, 3.05) is 19.5 Å². The van der Waals surface area contributed by atoms with Gasteiger partial charge < -0.3 is 14.8 Å². The van der Waals surface area contributed by atoms with Gasteiger partial charge in [0.15, 0.2) is 5.78 Å². The normalized spacial score (nSPS) is 11.2. The molecule has 1 heterocycles. The SMILES string of the molecule is C=CC(=O)Cc1cccc(F)c1Nc1ccc(/C=C(\F)c2c(Cl)c(OC)cc(OC)c2Cl)cn1. The van der Waals surface area contributed by atoms with Crippen molar-refractivity contribution in [1.29, 1.82) is 0 Å². The summed E-state index contributed by atoms with van der Waals surface area (Å²) in [5, 5.41) is 2.86. The predicted molar refractivity (Wildman–Crippen MR) is 131 cm³/mol. The quantitative estimate of drug-likeness (QED) is 0.316. The lowest BCUT2D eigenvalue weighted by molar-refractivity contribution is -0.114. The summed E-state index contributed by atoms with van der Waals surface area (Å²) in [6.07, 6.45) is 3.75. The molecule has 0 aliphatic rings. The van der Waals surface area contributed by atoms with E-state index in [2.05, 4.69) is 16.9 Å². The van der Waals surface area contributed by atoms with Gasteiger partial charge in [0, 0.05) is 18.7 Å². The van der Waals surface area contributed by atoms with Gasteiger partial charge in [-0.05, 0) is 41.5 Å². The van der Waals surface area contributed by atoms with E-state index in [9.17, 15) is 9.18 Å². The van der Waals surface area contributed by atoms with Gasteiger partial charge in [-0.1, -0.05) is 41.9 Å². The molecule has 0 saturated heterocycles. The highest BCUT2D eigenvalue weighted by atomic mass is 35.5. The van der Waals surface area contributed by atoms with Crippen LogP contribution in [0, 0.1) is 5.82 Å². The summed E-state index contributed by atoms with van der Waals surface area (Å²) in [7, 11) is 2.79. The third-order valence-electron chi connectivity index (χ3n) is 4.84. The van der Waals surface area contributed by atoms with Gasteiger partial charge in [-0.2, -0.15) is 0 Å². The van der Waals surface area contributed by atoms with E-state index in [1.165, 1.54) is 50.8 Å². The summed E-state index contributed by atoms with van der Waals surface area (Å²) >= 11 is 12.5. The number of ketones is 1. The fourth-order valence-corrected chi connectivity index (χ4v) is 3.80. The number of rotatable bonds is 9. The number of benzene rings is 2. The second kappa shape index (κ2) is 11.1. The van der Waals surface area contributed by atoms with Gasteiger partial charge in [0.2, 0.25) is 0 Å². The molecule has 176 valence electrons. The topological polar surface area (TPSA) is 60.5 Å². The van der Waals surface area contributed by atoms with Crippen LogP contribution >= 0.6 is 23.2 Å². The Morgan fingerprint density at radius 3 is 2.38 bits per heavy atom. The highest BCUT2D eigenvalue weighted by Crippen LogP contribution is 2.44. The largest absolute Gasteiger partial charge is 0.495 e. The van der Waals surface area contributed by atoms with E-state index < -0.39 is 11.6 Å². The first-order valence-electron chi connectivity index (χ1n) is 9.92. The van der Waals surface area contributed by atoms with E-state index in [1.54, 1.807) is 18.2 Å². The summed E-state index contributed by atoms with van der Waals surface area (Å²) in [5.41, 5.74) is 0.900. The van der Waals surface area contributed by atoms with Crippen molar-refractivity contribution in [2.45, 2.75) is 6.42 Å². The number of pyridine rings is 1. The van der Waals surface area contributed by atoms with Gasteiger partial charge in [0.1, 0.15) is 29.0 Å². The second-order valence-corrected chi connectivity index (χ2v) is 7.76. The Labute approximate surface area is 205 Å².